The molecule has 0 bridgehead atoms. The molecule has 0 aliphatic carbocycles. The lowest BCUT2D eigenvalue weighted by atomic mass is 10.1. The zero-order valence-corrected chi connectivity index (χ0v) is 11.3. The van der Waals surface area contributed by atoms with Crippen LogP contribution in [-0.2, 0) is 11.3 Å². The Bertz CT molecular complexity index is 429. The molecule has 5 heteroatoms. The normalized spacial score (nSPS) is 10.0. The third kappa shape index (κ3) is 5.90. The Morgan fingerprint density at radius 3 is 2.47 bits per heavy atom. The summed E-state index contributed by atoms with van der Waals surface area (Å²) in [6.07, 6.45) is 0.515. The second kappa shape index (κ2) is 7.41. The molecule has 0 aliphatic heterocycles. The molecule has 0 heterocycles. The van der Waals surface area contributed by atoms with Gasteiger partial charge in [0.2, 0.25) is 0 Å². The number of carboxylic acids is 1. The molecule has 5 nitrogen and oxygen atoms in total. The van der Waals surface area contributed by atoms with Gasteiger partial charge in [0.25, 0.3) is 0 Å². The van der Waals surface area contributed by atoms with Gasteiger partial charge in [-0.05, 0) is 18.9 Å². The lowest BCUT2D eigenvalue weighted by Gasteiger charge is -2.18. The van der Waals surface area contributed by atoms with E-state index in [0.717, 1.165) is 5.56 Å². The molecule has 0 saturated carbocycles. The number of aryl methyl sites for hydroxylation is 1. The number of carbonyl (C=O) groups is 2. The highest BCUT2D eigenvalue weighted by Crippen LogP contribution is 2.05. The van der Waals surface area contributed by atoms with Crippen molar-refractivity contribution in [1.29, 1.82) is 0 Å². The molecule has 0 radical (unpaired) electrons. The van der Waals surface area contributed by atoms with Crippen molar-refractivity contribution in [2.75, 3.05) is 13.6 Å². The minimum absolute atomic E-state index is 0.0714. The highest BCUT2D eigenvalue weighted by molar-refractivity contribution is 5.74. The molecule has 2 amide bonds. The van der Waals surface area contributed by atoms with Crippen molar-refractivity contribution in [3.63, 3.8) is 0 Å². The number of nitrogens with zero attached hydrogens (tertiary/aromatic N) is 1. The highest BCUT2D eigenvalue weighted by Gasteiger charge is 2.08. The lowest BCUT2D eigenvalue weighted by Crippen LogP contribution is -2.37. The summed E-state index contributed by atoms with van der Waals surface area (Å²) < 4.78 is 0. The van der Waals surface area contributed by atoms with Gasteiger partial charge in [-0.3, -0.25) is 4.79 Å². The summed E-state index contributed by atoms with van der Waals surface area (Å²) in [4.78, 5) is 23.6. The van der Waals surface area contributed by atoms with Crippen LogP contribution in [0.15, 0.2) is 24.3 Å². The number of urea groups is 1. The number of hydrogen-bond donors (Lipinski definition) is 2. The van der Waals surface area contributed by atoms with E-state index < -0.39 is 5.97 Å². The minimum atomic E-state index is -0.845. The second-order valence-electron chi connectivity index (χ2n) is 4.57. The third-order valence-electron chi connectivity index (χ3n) is 2.73. The van der Waals surface area contributed by atoms with Crippen molar-refractivity contribution in [2.24, 2.45) is 0 Å². The van der Waals surface area contributed by atoms with E-state index >= 15 is 0 Å². The van der Waals surface area contributed by atoms with Crippen LogP contribution < -0.4 is 5.32 Å². The number of carbonyl (C=O) groups excluding carboxylic acids is 1. The summed E-state index contributed by atoms with van der Waals surface area (Å²) in [5, 5.41) is 11.2. The van der Waals surface area contributed by atoms with Crippen LogP contribution in [0.2, 0.25) is 0 Å². The van der Waals surface area contributed by atoms with Crippen molar-refractivity contribution in [1.82, 2.24) is 10.2 Å². The van der Waals surface area contributed by atoms with Gasteiger partial charge < -0.3 is 15.3 Å². The number of nitrogens with one attached hydrogen (secondary N) is 1. The third-order valence-corrected chi connectivity index (χ3v) is 2.73. The Morgan fingerprint density at radius 1 is 1.26 bits per heavy atom. The summed E-state index contributed by atoms with van der Waals surface area (Å²) in [7, 11) is 1.71. The molecule has 0 saturated heterocycles. The molecule has 104 valence electrons. The molecule has 1 rings (SSSR count). The van der Waals surface area contributed by atoms with Gasteiger partial charge in [-0.2, -0.15) is 0 Å². The van der Waals surface area contributed by atoms with Crippen molar-refractivity contribution in [3.05, 3.63) is 35.4 Å². The van der Waals surface area contributed by atoms with E-state index in [2.05, 4.69) is 5.32 Å². The van der Waals surface area contributed by atoms with Crippen LogP contribution >= 0.6 is 0 Å². The Balaban J connectivity index is 2.32. The van der Waals surface area contributed by atoms with Crippen molar-refractivity contribution in [3.8, 4) is 0 Å². The first-order chi connectivity index (χ1) is 8.99. The fraction of sp³-hybridized carbons (Fsp3) is 0.429. The van der Waals surface area contributed by atoms with E-state index in [1.54, 1.807) is 11.9 Å². The standard InChI is InChI=1S/C14H20N2O3/c1-11-5-7-12(8-6-11)10-16(2)14(19)15-9-3-4-13(17)18/h5-8H,3-4,9-10H2,1-2H3,(H,15,19)(H,17,18). The first-order valence-electron chi connectivity index (χ1n) is 6.25. The van der Waals surface area contributed by atoms with E-state index in [-0.39, 0.29) is 12.5 Å². The molecule has 1 aromatic carbocycles. The molecule has 0 atom stereocenters. The summed E-state index contributed by atoms with van der Waals surface area (Å²) >= 11 is 0. The van der Waals surface area contributed by atoms with E-state index in [1.807, 2.05) is 31.2 Å². The van der Waals surface area contributed by atoms with Gasteiger partial charge in [-0.1, -0.05) is 29.8 Å². The predicted molar refractivity (Wildman–Crippen MR) is 72.9 cm³/mol. The van der Waals surface area contributed by atoms with Gasteiger partial charge in [0.1, 0.15) is 0 Å². The number of amides is 2. The smallest absolute Gasteiger partial charge is 0.317 e. The molecular weight excluding hydrogens is 244 g/mol. The maximum atomic E-state index is 11.7. The monoisotopic (exact) mass is 264 g/mol. The molecule has 0 unspecified atom stereocenters. The number of rotatable bonds is 6. The molecule has 0 fully saturated rings. The second-order valence-corrected chi connectivity index (χ2v) is 4.57. The van der Waals surface area contributed by atoms with Crippen LogP contribution in [0.3, 0.4) is 0 Å². The van der Waals surface area contributed by atoms with Crippen LogP contribution in [0, 0.1) is 6.92 Å². The zero-order chi connectivity index (χ0) is 14.3. The molecule has 2 N–H and O–H groups in total. The van der Waals surface area contributed by atoms with Crippen molar-refractivity contribution < 1.29 is 14.7 Å². The van der Waals surface area contributed by atoms with E-state index in [4.69, 9.17) is 5.11 Å². The maximum Gasteiger partial charge on any atom is 0.317 e. The highest BCUT2D eigenvalue weighted by atomic mass is 16.4. The van der Waals surface area contributed by atoms with Crippen LogP contribution in [0.5, 0.6) is 0 Å². The molecule has 1 aromatic rings. The fourth-order valence-corrected chi connectivity index (χ4v) is 1.61. The number of aliphatic carboxylic acids is 1. The Hall–Kier alpha value is -2.04. The van der Waals surface area contributed by atoms with Gasteiger partial charge in [0.15, 0.2) is 0 Å². The van der Waals surface area contributed by atoms with E-state index in [9.17, 15) is 9.59 Å². The van der Waals surface area contributed by atoms with Crippen LogP contribution in [0.25, 0.3) is 0 Å². The first kappa shape index (κ1) is 15.0. The van der Waals surface area contributed by atoms with Crippen molar-refractivity contribution >= 4 is 12.0 Å². The molecule has 0 aromatic heterocycles. The number of hydrogen-bond acceptors (Lipinski definition) is 2. The maximum absolute atomic E-state index is 11.7. The van der Waals surface area contributed by atoms with Gasteiger partial charge in [0.05, 0.1) is 0 Å². The summed E-state index contributed by atoms with van der Waals surface area (Å²) in [6, 6.07) is 7.81. The van der Waals surface area contributed by atoms with Crippen LogP contribution in [-0.4, -0.2) is 35.6 Å². The van der Waals surface area contributed by atoms with E-state index in [0.29, 0.717) is 19.5 Å². The number of carboxylic acid groups (broad SMARTS) is 1. The number of benzene rings is 1. The largest absolute Gasteiger partial charge is 0.481 e. The Kier molecular flexibility index (Phi) is 5.85. The average molecular weight is 264 g/mol. The van der Waals surface area contributed by atoms with Gasteiger partial charge in [0, 0.05) is 26.6 Å². The van der Waals surface area contributed by atoms with E-state index in [1.165, 1.54) is 5.56 Å². The van der Waals surface area contributed by atoms with Gasteiger partial charge in [-0.25, -0.2) is 4.79 Å². The first-order valence-corrected chi connectivity index (χ1v) is 6.25. The summed E-state index contributed by atoms with van der Waals surface area (Å²) in [5.41, 5.74) is 2.25. The van der Waals surface area contributed by atoms with Crippen LogP contribution in [0.4, 0.5) is 4.79 Å². The molecule has 0 aliphatic rings. The molecule has 19 heavy (non-hydrogen) atoms. The summed E-state index contributed by atoms with van der Waals surface area (Å²) in [6.45, 7) is 2.93. The van der Waals surface area contributed by atoms with Crippen molar-refractivity contribution in [2.45, 2.75) is 26.3 Å². The zero-order valence-electron chi connectivity index (χ0n) is 11.3. The molecule has 0 spiro atoms. The van der Waals surface area contributed by atoms with Crippen LogP contribution in [0.1, 0.15) is 24.0 Å². The predicted octanol–water partition coefficient (Wildman–Crippen LogP) is 2.00. The summed E-state index contributed by atoms with van der Waals surface area (Å²) in [5.74, 6) is -0.845. The van der Waals surface area contributed by atoms with Gasteiger partial charge in [-0.15, -0.1) is 0 Å². The molecular formula is C14H20N2O3. The Labute approximate surface area is 113 Å². The van der Waals surface area contributed by atoms with Gasteiger partial charge >= 0.3 is 12.0 Å². The topological polar surface area (TPSA) is 69.6 Å². The minimum Gasteiger partial charge on any atom is -0.481 e. The fourth-order valence-electron chi connectivity index (χ4n) is 1.61. The average Bonchev–Trinajstić information content (AvgIpc) is 2.36. The lowest BCUT2D eigenvalue weighted by molar-refractivity contribution is -0.137. The SMILES string of the molecule is Cc1ccc(CN(C)C(=O)NCCCC(=O)O)cc1. The Morgan fingerprint density at radius 2 is 1.89 bits per heavy atom. The quantitative estimate of drug-likeness (QED) is 0.772.